The number of rotatable bonds is 4. The Morgan fingerprint density at radius 3 is 2.40 bits per heavy atom. The number of aliphatic hydroxyl groups is 1. The van der Waals surface area contributed by atoms with Crippen molar-refractivity contribution in [3.05, 3.63) is 66.0 Å². The molecule has 1 saturated heterocycles. The van der Waals surface area contributed by atoms with Crippen molar-refractivity contribution in [3.8, 4) is 11.4 Å². The molecule has 3 heterocycles. The van der Waals surface area contributed by atoms with Gasteiger partial charge in [-0.15, -0.1) is 0 Å². The lowest BCUT2D eigenvalue weighted by Gasteiger charge is -2.52. The Hall–Kier alpha value is -2.57. The summed E-state index contributed by atoms with van der Waals surface area (Å²) in [5.41, 5.74) is 2.56. The highest BCUT2D eigenvalue weighted by atomic mass is 16.3. The van der Waals surface area contributed by atoms with Gasteiger partial charge in [0.15, 0.2) is 5.82 Å². The number of aryl methyl sites for hydroxylation is 2. The first-order chi connectivity index (χ1) is 14.6. The van der Waals surface area contributed by atoms with E-state index in [0.717, 1.165) is 55.3 Å². The van der Waals surface area contributed by atoms with E-state index >= 15 is 0 Å². The highest BCUT2D eigenvalue weighted by Crippen LogP contribution is 2.48. The molecule has 0 amide bonds. The topological polar surface area (TPSA) is 67.1 Å². The molecule has 3 aromatic rings. The summed E-state index contributed by atoms with van der Waals surface area (Å²) < 4.78 is 1.99. The minimum Gasteiger partial charge on any atom is -0.381 e. The fourth-order valence-corrected chi connectivity index (χ4v) is 5.45. The molecule has 5 rings (SSSR count). The van der Waals surface area contributed by atoms with Gasteiger partial charge in [-0.1, -0.05) is 30.7 Å². The number of likely N-dealkylation sites (tertiary alicyclic amines) is 1. The molecule has 1 saturated carbocycles. The van der Waals surface area contributed by atoms with E-state index in [1.807, 2.05) is 42.3 Å². The minimum atomic E-state index is -0.821. The molecule has 6 nitrogen and oxygen atoms in total. The molecule has 1 aliphatic heterocycles. The van der Waals surface area contributed by atoms with E-state index in [2.05, 4.69) is 38.9 Å². The zero-order valence-electron chi connectivity index (χ0n) is 17.7. The van der Waals surface area contributed by atoms with E-state index in [-0.39, 0.29) is 11.8 Å². The average molecular weight is 404 g/mol. The number of aromatic nitrogens is 4. The molecule has 0 radical (unpaired) electrons. The number of nitrogens with zero attached hydrogens (tertiary/aromatic N) is 5. The molecule has 30 heavy (non-hydrogen) atoms. The number of hydrogen-bond acceptors (Lipinski definition) is 5. The maximum atomic E-state index is 11.7. The molecule has 156 valence electrons. The molecule has 0 spiro atoms. The zero-order chi connectivity index (χ0) is 20.7. The van der Waals surface area contributed by atoms with Gasteiger partial charge in [-0.2, -0.15) is 0 Å². The van der Waals surface area contributed by atoms with Gasteiger partial charge in [0, 0.05) is 74.4 Å². The first kappa shape index (κ1) is 19.4. The lowest BCUT2D eigenvalue weighted by molar-refractivity contribution is -0.155. The fourth-order valence-electron chi connectivity index (χ4n) is 5.45. The first-order valence-electron chi connectivity index (χ1n) is 10.8. The summed E-state index contributed by atoms with van der Waals surface area (Å²) in [5.74, 6) is 2.01. The molecular formula is C24H29N5O. The average Bonchev–Trinajstić information content (AvgIpc) is 3.16. The highest BCUT2D eigenvalue weighted by Gasteiger charge is 2.53. The van der Waals surface area contributed by atoms with Gasteiger partial charge >= 0.3 is 0 Å². The largest absolute Gasteiger partial charge is 0.381 e. The SMILES string of the molecule is Cc1ccccc1-c1ncc(CN2C[C@H]3CCC[C@@H](C2)C3(O)c2nccn2C)cn1. The van der Waals surface area contributed by atoms with Crippen LogP contribution in [-0.2, 0) is 19.2 Å². The summed E-state index contributed by atoms with van der Waals surface area (Å²) in [6.07, 6.45) is 10.9. The van der Waals surface area contributed by atoms with Crippen LogP contribution in [-0.4, -0.2) is 42.6 Å². The Morgan fingerprint density at radius 2 is 1.77 bits per heavy atom. The van der Waals surface area contributed by atoms with Gasteiger partial charge in [-0.25, -0.2) is 15.0 Å². The van der Waals surface area contributed by atoms with Crippen LogP contribution >= 0.6 is 0 Å². The van der Waals surface area contributed by atoms with Crippen LogP contribution in [0.1, 0.15) is 36.2 Å². The molecule has 1 unspecified atom stereocenters. The van der Waals surface area contributed by atoms with Gasteiger partial charge in [-0.3, -0.25) is 4.90 Å². The maximum Gasteiger partial charge on any atom is 0.159 e. The standard InChI is InChI=1S/C24H29N5O/c1-17-6-3-4-9-21(17)22-26-12-18(13-27-22)14-29-15-19-7-5-8-20(16-29)24(19,30)23-25-10-11-28(23)2/h3-4,6,9-13,19-20,30H,5,7-8,14-16H2,1-2H3/t19-,20+,24?. The Labute approximate surface area is 177 Å². The molecule has 1 aromatic carbocycles. The Bertz CT molecular complexity index is 1010. The zero-order valence-corrected chi connectivity index (χ0v) is 17.7. The number of piperidine rings is 1. The van der Waals surface area contributed by atoms with Crippen molar-refractivity contribution in [1.29, 1.82) is 0 Å². The van der Waals surface area contributed by atoms with Gasteiger partial charge in [-0.05, 0) is 25.3 Å². The second-order valence-corrected chi connectivity index (χ2v) is 8.94. The maximum absolute atomic E-state index is 11.7. The van der Waals surface area contributed by atoms with Gasteiger partial charge in [0.2, 0.25) is 0 Å². The number of benzene rings is 1. The predicted molar refractivity (Wildman–Crippen MR) is 115 cm³/mol. The Kier molecular flexibility index (Phi) is 4.91. The van der Waals surface area contributed by atoms with Crippen LogP contribution in [0.25, 0.3) is 11.4 Å². The summed E-state index contributed by atoms with van der Waals surface area (Å²) >= 11 is 0. The van der Waals surface area contributed by atoms with Crippen molar-refractivity contribution in [3.63, 3.8) is 0 Å². The van der Waals surface area contributed by atoms with Crippen LogP contribution < -0.4 is 0 Å². The number of hydrogen-bond donors (Lipinski definition) is 1. The molecule has 1 aliphatic carbocycles. The lowest BCUT2D eigenvalue weighted by atomic mass is 9.65. The second kappa shape index (κ2) is 7.60. The van der Waals surface area contributed by atoms with Gasteiger partial charge in [0.25, 0.3) is 0 Å². The van der Waals surface area contributed by atoms with Crippen LogP contribution in [0, 0.1) is 18.8 Å². The second-order valence-electron chi connectivity index (χ2n) is 8.94. The van der Waals surface area contributed by atoms with Crippen LogP contribution in [0.3, 0.4) is 0 Å². The Morgan fingerprint density at radius 1 is 1.07 bits per heavy atom. The third kappa shape index (κ3) is 3.24. The van der Waals surface area contributed by atoms with Crippen molar-refractivity contribution in [2.24, 2.45) is 18.9 Å². The summed E-state index contributed by atoms with van der Waals surface area (Å²) in [7, 11) is 1.98. The fraction of sp³-hybridized carbons (Fsp3) is 0.458. The summed E-state index contributed by atoms with van der Waals surface area (Å²) in [6.45, 7) is 4.65. The molecule has 2 aliphatic rings. The Balaban J connectivity index is 1.33. The van der Waals surface area contributed by atoms with E-state index < -0.39 is 5.60 Å². The quantitative estimate of drug-likeness (QED) is 0.724. The lowest BCUT2D eigenvalue weighted by Crippen LogP contribution is -2.58. The smallest absolute Gasteiger partial charge is 0.159 e. The number of fused-ring (bicyclic) bond motifs is 2. The molecule has 3 atom stereocenters. The molecule has 2 fully saturated rings. The van der Waals surface area contributed by atoms with Crippen molar-refractivity contribution in [1.82, 2.24) is 24.4 Å². The normalized spacial score (nSPS) is 26.6. The van der Waals surface area contributed by atoms with Crippen LogP contribution in [0.15, 0.2) is 49.1 Å². The minimum absolute atomic E-state index is 0.207. The first-order valence-corrected chi connectivity index (χ1v) is 10.8. The van der Waals surface area contributed by atoms with E-state index in [4.69, 9.17) is 0 Å². The van der Waals surface area contributed by atoms with E-state index in [0.29, 0.717) is 0 Å². The van der Waals surface area contributed by atoms with E-state index in [1.165, 1.54) is 12.0 Å². The molecule has 2 bridgehead atoms. The van der Waals surface area contributed by atoms with Crippen molar-refractivity contribution in [2.45, 2.75) is 38.3 Å². The van der Waals surface area contributed by atoms with Gasteiger partial charge in [0.1, 0.15) is 11.4 Å². The third-order valence-electron chi connectivity index (χ3n) is 6.98. The monoisotopic (exact) mass is 403 g/mol. The van der Waals surface area contributed by atoms with E-state index in [1.54, 1.807) is 6.20 Å². The van der Waals surface area contributed by atoms with Crippen LogP contribution in [0.5, 0.6) is 0 Å². The molecule has 2 aromatic heterocycles. The third-order valence-corrected chi connectivity index (χ3v) is 6.98. The van der Waals surface area contributed by atoms with Crippen LogP contribution in [0.4, 0.5) is 0 Å². The van der Waals surface area contributed by atoms with E-state index in [9.17, 15) is 5.11 Å². The molecule has 6 heteroatoms. The van der Waals surface area contributed by atoms with Gasteiger partial charge in [0.05, 0.1) is 0 Å². The summed E-state index contributed by atoms with van der Waals surface area (Å²) in [4.78, 5) is 16.2. The molecule has 1 N–H and O–H groups in total. The van der Waals surface area contributed by atoms with Crippen molar-refractivity contribution < 1.29 is 5.11 Å². The predicted octanol–water partition coefficient (Wildman–Crippen LogP) is 3.31. The summed E-state index contributed by atoms with van der Waals surface area (Å²) in [5, 5.41) is 11.7. The van der Waals surface area contributed by atoms with Gasteiger partial charge < -0.3 is 9.67 Å². The molecular weight excluding hydrogens is 374 g/mol. The highest BCUT2D eigenvalue weighted by molar-refractivity contribution is 5.59. The number of imidazole rings is 1. The summed E-state index contributed by atoms with van der Waals surface area (Å²) in [6, 6.07) is 8.21. The van der Waals surface area contributed by atoms with Crippen LogP contribution in [0.2, 0.25) is 0 Å². The van der Waals surface area contributed by atoms with Crippen molar-refractivity contribution in [2.75, 3.05) is 13.1 Å². The van der Waals surface area contributed by atoms with Crippen molar-refractivity contribution >= 4 is 0 Å².